The summed E-state index contributed by atoms with van der Waals surface area (Å²) < 4.78 is 83.7. The molecule has 13 heteroatoms. The van der Waals surface area contributed by atoms with Gasteiger partial charge in [-0.05, 0) is 24.6 Å². The first kappa shape index (κ1) is 25.1. The molecule has 0 spiro atoms. The number of benzene rings is 2. The number of ether oxygens (including phenoxy) is 1. The quantitative estimate of drug-likeness (QED) is 0.378. The number of nitrogens with one attached hydrogen (secondary N) is 1. The van der Waals surface area contributed by atoms with Gasteiger partial charge in [0, 0.05) is 29.1 Å². The summed E-state index contributed by atoms with van der Waals surface area (Å²) in [5.74, 6) is -3.07. The van der Waals surface area contributed by atoms with Gasteiger partial charge in [-0.2, -0.15) is 13.2 Å². The molecule has 8 nitrogen and oxygen atoms in total. The van der Waals surface area contributed by atoms with E-state index in [0.717, 1.165) is 6.07 Å². The highest BCUT2D eigenvalue weighted by Crippen LogP contribution is 2.31. The van der Waals surface area contributed by atoms with Crippen molar-refractivity contribution in [1.29, 1.82) is 0 Å². The van der Waals surface area contributed by atoms with Crippen LogP contribution in [0.25, 0.3) is 22.3 Å². The minimum Gasteiger partial charge on any atom is -0.457 e. The van der Waals surface area contributed by atoms with E-state index < -0.39 is 40.6 Å². The Labute approximate surface area is 191 Å². The lowest BCUT2D eigenvalue weighted by atomic mass is 10.0. The molecule has 0 aliphatic heterocycles. The Bertz CT molecular complexity index is 1300. The number of anilines is 1. The average Bonchev–Trinajstić information content (AvgIpc) is 2.77. The van der Waals surface area contributed by atoms with Gasteiger partial charge in [-0.3, -0.25) is 0 Å². The Kier molecular flexibility index (Phi) is 7.17. The minimum absolute atomic E-state index is 0.0230. The van der Waals surface area contributed by atoms with Crippen molar-refractivity contribution in [2.75, 3.05) is 12.3 Å². The van der Waals surface area contributed by atoms with Crippen molar-refractivity contribution in [3.05, 3.63) is 60.7 Å². The number of nitrogens with zero attached hydrogens (tertiary/aromatic N) is 2. The predicted octanol–water partition coefficient (Wildman–Crippen LogP) is 3.30. The Morgan fingerprint density at radius 2 is 1.74 bits per heavy atom. The molecule has 0 saturated heterocycles. The van der Waals surface area contributed by atoms with Crippen LogP contribution in [0.4, 0.5) is 23.5 Å². The minimum atomic E-state index is -5.19. The number of sulfonamides is 1. The molecule has 0 bridgehead atoms. The number of hydrogen-bond acceptors (Lipinski definition) is 7. The van der Waals surface area contributed by atoms with E-state index in [9.17, 15) is 30.8 Å². The number of rotatable bonds is 7. The van der Waals surface area contributed by atoms with Crippen LogP contribution in [0.15, 0.2) is 59.8 Å². The highest BCUT2D eigenvalue weighted by Gasteiger charge is 2.41. The molecule has 1 atom stereocenters. The standard InChI is InChI=1S/C21H18F4N4O4S/c1-12(11-33-19(30)21(23,24)25)29-34(31,32)18-5-3-2-4-16(18)13-6-7-15(17(22)8-13)14-9-27-20(26)28-10-14/h2-10,12,29H,11H2,1H3,(H2,26,27,28)/t12-/m0/s1. The van der Waals surface area contributed by atoms with Crippen LogP contribution in [-0.4, -0.2) is 43.2 Å². The zero-order chi connectivity index (χ0) is 25.1. The van der Waals surface area contributed by atoms with Crippen molar-refractivity contribution in [2.24, 2.45) is 0 Å². The molecule has 0 saturated carbocycles. The summed E-state index contributed by atoms with van der Waals surface area (Å²) in [4.78, 5) is 18.2. The molecule has 3 rings (SSSR count). The van der Waals surface area contributed by atoms with E-state index in [1.807, 2.05) is 0 Å². The fourth-order valence-corrected chi connectivity index (χ4v) is 4.44. The van der Waals surface area contributed by atoms with Gasteiger partial charge in [-0.1, -0.05) is 30.3 Å². The van der Waals surface area contributed by atoms with Gasteiger partial charge in [0.05, 0.1) is 10.9 Å². The summed E-state index contributed by atoms with van der Waals surface area (Å²) in [6.07, 6.45) is -2.51. The molecule has 0 amide bonds. The molecule has 0 unspecified atom stereocenters. The zero-order valence-corrected chi connectivity index (χ0v) is 18.3. The summed E-state index contributed by atoms with van der Waals surface area (Å²) in [5, 5.41) is 0. The molecule has 1 aromatic heterocycles. The monoisotopic (exact) mass is 498 g/mol. The molecule has 180 valence electrons. The van der Waals surface area contributed by atoms with Crippen molar-refractivity contribution >= 4 is 21.9 Å². The van der Waals surface area contributed by atoms with Gasteiger partial charge in [-0.15, -0.1) is 0 Å². The molecule has 0 radical (unpaired) electrons. The maximum atomic E-state index is 14.8. The van der Waals surface area contributed by atoms with Crippen LogP contribution in [0.3, 0.4) is 0 Å². The summed E-state index contributed by atoms with van der Waals surface area (Å²) in [6, 6.07) is 8.57. The van der Waals surface area contributed by atoms with E-state index in [0.29, 0.717) is 5.56 Å². The number of nitrogens with two attached hydrogens (primary N) is 1. The molecule has 0 aliphatic rings. The van der Waals surface area contributed by atoms with Crippen molar-refractivity contribution in [3.8, 4) is 22.3 Å². The number of nitrogen functional groups attached to an aromatic ring is 1. The molecule has 3 N–H and O–H groups in total. The molecule has 0 fully saturated rings. The third kappa shape index (κ3) is 5.85. The fraction of sp³-hybridized carbons (Fsp3) is 0.190. The van der Waals surface area contributed by atoms with Crippen molar-refractivity contribution in [1.82, 2.24) is 14.7 Å². The van der Waals surface area contributed by atoms with E-state index in [2.05, 4.69) is 19.4 Å². The molecule has 2 aromatic carbocycles. The van der Waals surface area contributed by atoms with Gasteiger partial charge < -0.3 is 10.5 Å². The SMILES string of the molecule is C[C@@H](COC(=O)C(F)(F)F)NS(=O)(=O)c1ccccc1-c1ccc(-c2cnc(N)nc2)c(F)c1. The number of carbonyl (C=O) groups is 1. The van der Waals surface area contributed by atoms with E-state index in [1.54, 1.807) is 6.07 Å². The van der Waals surface area contributed by atoms with E-state index in [-0.39, 0.29) is 27.5 Å². The van der Waals surface area contributed by atoms with Crippen molar-refractivity contribution in [3.63, 3.8) is 0 Å². The fourth-order valence-electron chi connectivity index (χ4n) is 2.98. The zero-order valence-electron chi connectivity index (χ0n) is 17.5. The molecule has 3 aromatic rings. The normalized spacial score (nSPS) is 12.9. The largest absolute Gasteiger partial charge is 0.490 e. The second-order valence-electron chi connectivity index (χ2n) is 7.14. The third-order valence-corrected chi connectivity index (χ3v) is 6.14. The molecule has 0 aliphatic carbocycles. The number of carbonyl (C=O) groups excluding carboxylic acids is 1. The maximum Gasteiger partial charge on any atom is 0.490 e. The van der Waals surface area contributed by atoms with Crippen LogP contribution in [-0.2, 0) is 19.6 Å². The number of aromatic nitrogens is 2. The second kappa shape index (κ2) is 9.73. The lowest BCUT2D eigenvalue weighted by Gasteiger charge is -2.17. The maximum absolute atomic E-state index is 14.8. The molecule has 1 heterocycles. The second-order valence-corrected chi connectivity index (χ2v) is 8.82. The predicted molar refractivity (Wildman–Crippen MR) is 114 cm³/mol. The van der Waals surface area contributed by atoms with Crippen molar-refractivity contribution in [2.45, 2.75) is 24.0 Å². The molecular weight excluding hydrogens is 480 g/mol. The highest BCUT2D eigenvalue weighted by atomic mass is 32.2. The number of alkyl halides is 3. The lowest BCUT2D eigenvalue weighted by molar-refractivity contribution is -0.200. The Morgan fingerprint density at radius 3 is 2.35 bits per heavy atom. The average molecular weight is 498 g/mol. The molecule has 34 heavy (non-hydrogen) atoms. The summed E-state index contributed by atoms with van der Waals surface area (Å²) in [7, 11) is -4.28. The van der Waals surface area contributed by atoms with Gasteiger partial charge >= 0.3 is 12.1 Å². The van der Waals surface area contributed by atoms with Gasteiger partial charge in [0.25, 0.3) is 0 Å². The van der Waals surface area contributed by atoms with Gasteiger partial charge in [0.2, 0.25) is 16.0 Å². The summed E-state index contributed by atoms with van der Waals surface area (Å²) >= 11 is 0. The van der Waals surface area contributed by atoms with E-state index >= 15 is 0 Å². The summed E-state index contributed by atoms with van der Waals surface area (Å²) in [6.45, 7) is 0.389. The van der Waals surface area contributed by atoms with Crippen LogP contribution < -0.4 is 10.5 Å². The number of halogens is 4. The number of hydrogen-bond donors (Lipinski definition) is 2. The van der Waals surface area contributed by atoms with Gasteiger partial charge in [0.1, 0.15) is 12.4 Å². The van der Waals surface area contributed by atoms with Crippen LogP contribution in [0.1, 0.15) is 6.92 Å². The first-order valence-corrected chi connectivity index (χ1v) is 11.1. The summed E-state index contributed by atoms with van der Waals surface area (Å²) in [5.41, 5.74) is 6.34. The Balaban J connectivity index is 1.86. The first-order valence-electron chi connectivity index (χ1n) is 9.61. The van der Waals surface area contributed by atoms with Crippen molar-refractivity contribution < 1.29 is 35.5 Å². The van der Waals surface area contributed by atoms with E-state index in [4.69, 9.17) is 5.73 Å². The van der Waals surface area contributed by atoms with Gasteiger partial charge in [0.15, 0.2) is 0 Å². The first-order chi connectivity index (χ1) is 15.9. The number of esters is 1. The Hall–Kier alpha value is -3.58. The van der Waals surface area contributed by atoms with Crippen LogP contribution in [0, 0.1) is 5.82 Å². The topological polar surface area (TPSA) is 124 Å². The highest BCUT2D eigenvalue weighted by molar-refractivity contribution is 7.89. The smallest absolute Gasteiger partial charge is 0.457 e. The van der Waals surface area contributed by atoms with E-state index in [1.165, 1.54) is 49.6 Å². The van der Waals surface area contributed by atoms with Crippen LogP contribution in [0.2, 0.25) is 0 Å². The van der Waals surface area contributed by atoms with Crippen LogP contribution >= 0.6 is 0 Å². The van der Waals surface area contributed by atoms with Gasteiger partial charge in [-0.25, -0.2) is 32.3 Å². The Morgan fingerprint density at radius 1 is 1.09 bits per heavy atom. The molecular formula is C21H18F4N4O4S. The third-order valence-electron chi connectivity index (χ3n) is 4.49. The van der Waals surface area contributed by atoms with Crippen LogP contribution in [0.5, 0.6) is 0 Å². The lowest BCUT2D eigenvalue weighted by Crippen LogP contribution is -2.38.